The van der Waals surface area contributed by atoms with Crippen LogP contribution in [0.4, 0.5) is 17.5 Å². The molecule has 0 aliphatic heterocycles. The van der Waals surface area contributed by atoms with Gasteiger partial charge in [0.05, 0.1) is 22.1 Å². The molecule has 0 unspecified atom stereocenters. The Morgan fingerprint density at radius 3 is 2.79 bits per heavy atom. The van der Waals surface area contributed by atoms with E-state index in [9.17, 15) is 4.79 Å². The van der Waals surface area contributed by atoms with Crippen LogP contribution in [-0.4, -0.2) is 37.7 Å². The second-order valence-electron chi connectivity index (χ2n) is 6.96. The van der Waals surface area contributed by atoms with Gasteiger partial charge in [-0.05, 0) is 43.2 Å². The molecule has 1 aliphatic rings. The summed E-state index contributed by atoms with van der Waals surface area (Å²) in [6.07, 6.45) is 8.79. The van der Waals surface area contributed by atoms with Gasteiger partial charge in [-0.3, -0.25) is 9.48 Å². The molecule has 0 saturated heterocycles. The molecule has 3 aromatic heterocycles. The molecule has 3 aromatic rings. The first-order valence-corrected chi connectivity index (χ1v) is 10.2. The Bertz CT molecular complexity index is 987. The highest BCUT2D eigenvalue weighted by molar-refractivity contribution is 7.17. The van der Waals surface area contributed by atoms with Crippen molar-refractivity contribution in [3.8, 4) is 0 Å². The first-order chi connectivity index (χ1) is 13.6. The van der Waals surface area contributed by atoms with E-state index in [1.165, 1.54) is 6.08 Å². The van der Waals surface area contributed by atoms with Crippen LogP contribution < -0.4 is 16.0 Å². The van der Waals surface area contributed by atoms with Gasteiger partial charge in [0, 0.05) is 25.3 Å². The number of carbonyl (C=O) groups is 1. The number of hydrogen-bond acceptors (Lipinski definition) is 7. The van der Waals surface area contributed by atoms with Gasteiger partial charge < -0.3 is 16.0 Å². The Kier molecular flexibility index (Phi) is 5.25. The lowest BCUT2D eigenvalue weighted by atomic mass is 9.91. The molecule has 146 valence electrons. The standard InChI is InChI=1S/C19H23N7OS/c1-3-16(27)21-12-4-6-13(7-5-12)22-18-17-15(8-9-28-17)24-19(25-18)23-14-10-20-26(2)11-14/h3,8-13H,1,4-7H2,2H3,(H,21,27)(H2,22,23,24,25)/t12-,13+. The molecule has 4 rings (SSSR count). The van der Waals surface area contributed by atoms with Crippen molar-refractivity contribution in [3.63, 3.8) is 0 Å². The summed E-state index contributed by atoms with van der Waals surface area (Å²) in [7, 11) is 1.87. The first-order valence-electron chi connectivity index (χ1n) is 9.31. The summed E-state index contributed by atoms with van der Waals surface area (Å²) in [4.78, 5) is 20.8. The van der Waals surface area contributed by atoms with Gasteiger partial charge in [0.25, 0.3) is 0 Å². The average Bonchev–Trinajstić information content (AvgIpc) is 3.32. The Morgan fingerprint density at radius 2 is 2.07 bits per heavy atom. The van der Waals surface area contributed by atoms with Gasteiger partial charge in [-0.15, -0.1) is 11.3 Å². The van der Waals surface area contributed by atoms with E-state index in [0.717, 1.165) is 47.4 Å². The molecule has 3 heterocycles. The maximum absolute atomic E-state index is 11.5. The van der Waals surface area contributed by atoms with Crippen LogP contribution >= 0.6 is 11.3 Å². The van der Waals surface area contributed by atoms with Gasteiger partial charge in [-0.25, -0.2) is 4.98 Å². The Morgan fingerprint density at radius 1 is 1.29 bits per heavy atom. The summed E-state index contributed by atoms with van der Waals surface area (Å²) in [6, 6.07) is 2.55. The van der Waals surface area contributed by atoms with Crippen LogP contribution in [0.2, 0.25) is 0 Å². The Labute approximate surface area is 167 Å². The van der Waals surface area contributed by atoms with Gasteiger partial charge in [-0.1, -0.05) is 6.58 Å². The van der Waals surface area contributed by atoms with Crippen LogP contribution in [0.25, 0.3) is 10.2 Å². The number of nitrogens with zero attached hydrogens (tertiary/aromatic N) is 4. The molecule has 28 heavy (non-hydrogen) atoms. The van der Waals surface area contributed by atoms with Gasteiger partial charge >= 0.3 is 0 Å². The molecule has 1 amide bonds. The van der Waals surface area contributed by atoms with Crippen molar-refractivity contribution < 1.29 is 4.79 Å². The third-order valence-electron chi connectivity index (χ3n) is 4.86. The number of fused-ring (bicyclic) bond motifs is 1. The van der Waals surface area contributed by atoms with E-state index in [0.29, 0.717) is 12.0 Å². The van der Waals surface area contributed by atoms with Gasteiger partial charge in [0.15, 0.2) is 0 Å². The number of aromatic nitrogens is 4. The van der Waals surface area contributed by atoms with Crippen LogP contribution in [0, 0.1) is 0 Å². The van der Waals surface area contributed by atoms with Crippen molar-refractivity contribution in [3.05, 3.63) is 36.5 Å². The lowest BCUT2D eigenvalue weighted by molar-refractivity contribution is -0.117. The maximum Gasteiger partial charge on any atom is 0.243 e. The lowest BCUT2D eigenvalue weighted by Gasteiger charge is -2.29. The fourth-order valence-corrected chi connectivity index (χ4v) is 4.25. The Hall–Kier alpha value is -2.94. The maximum atomic E-state index is 11.5. The summed E-state index contributed by atoms with van der Waals surface area (Å²) < 4.78 is 2.78. The highest BCUT2D eigenvalue weighted by Crippen LogP contribution is 2.30. The highest BCUT2D eigenvalue weighted by atomic mass is 32.1. The summed E-state index contributed by atoms with van der Waals surface area (Å²) in [5, 5.41) is 16.0. The number of rotatable bonds is 6. The smallest absolute Gasteiger partial charge is 0.243 e. The number of hydrogen-bond donors (Lipinski definition) is 3. The molecule has 1 fully saturated rings. The minimum absolute atomic E-state index is 0.0985. The number of anilines is 3. The van der Waals surface area contributed by atoms with E-state index in [2.05, 4.69) is 32.6 Å². The van der Waals surface area contributed by atoms with Crippen molar-refractivity contribution in [2.75, 3.05) is 10.6 Å². The van der Waals surface area contributed by atoms with E-state index < -0.39 is 0 Å². The SMILES string of the molecule is C=CC(=O)N[C@H]1CC[C@@H](Nc2nc(Nc3cnn(C)c3)nc3ccsc23)CC1. The van der Waals surface area contributed by atoms with E-state index >= 15 is 0 Å². The summed E-state index contributed by atoms with van der Waals surface area (Å²) in [5.74, 6) is 1.30. The summed E-state index contributed by atoms with van der Waals surface area (Å²) in [6.45, 7) is 3.51. The summed E-state index contributed by atoms with van der Waals surface area (Å²) in [5.41, 5.74) is 1.77. The van der Waals surface area contributed by atoms with Crippen LogP contribution in [-0.2, 0) is 11.8 Å². The van der Waals surface area contributed by atoms with E-state index in [1.807, 2.05) is 24.7 Å². The summed E-state index contributed by atoms with van der Waals surface area (Å²) >= 11 is 1.63. The third-order valence-corrected chi connectivity index (χ3v) is 5.77. The number of amides is 1. The molecule has 0 bridgehead atoms. The van der Waals surface area contributed by atoms with Crippen molar-refractivity contribution in [1.82, 2.24) is 25.1 Å². The van der Waals surface area contributed by atoms with Gasteiger partial charge in [-0.2, -0.15) is 10.1 Å². The molecule has 0 spiro atoms. The van der Waals surface area contributed by atoms with Crippen LogP contribution in [0.1, 0.15) is 25.7 Å². The minimum Gasteiger partial charge on any atom is -0.366 e. The van der Waals surface area contributed by atoms with E-state index in [4.69, 9.17) is 4.98 Å². The number of carbonyl (C=O) groups excluding carboxylic acids is 1. The predicted molar refractivity (Wildman–Crippen MR) is 112 cm³/mol. The zero-order valence-electron chi connectivity index (χ0n) is 15.7. The monoisotopic (exact) mass is 397 g/mol. The number of thiophene rings is 1. The normalized spacial score (nSPS) is 19.3. The van der Waals surface area contributed by atoms with Crippen LogP contribution in [0.15, 0.2) is 36.5 Å². The van der Waals surface area contributed by atoms with Crippen molar-refractivity contribution in [2.45, 2.75) is 37.8 Å². The first kappa shape index (κ1) is 18.4. The van der Waals surface area contributed by atoms with Crippen molar-refractivity contribution >= 4 is 44.9 Å². The predicted octanol–water partition coefficient (Wildman–Crippen LogP) is 3.19. The fraction of sp³-hybridized carbons (Fsp3) is 0.368. The van der Waals surface area contributed by atoms with Crippen molar-refractivity contribution in [1.29, 1.82) is 0 Å². The van der Waals surface area contributed by atoms with Gasteiger partial charge in [0.1, 0.15) is 5.82 Å². The molecule has 0 atom stereocenters. The zero-order valence-corrected chi connectivity index (χ0v) is 16.5. The zero-order chi connectivity index (χ0) is 19.5. The topological polar surface area (TPSA) is 96.8 Å². The molecule has 8 nitrogen and oxygen atoms in total. The van der Waals surface area contributed by atoms with Gasteiger partial charge in [0.2, 0.25) is 11.9 Å². The number of nitrogens with one attached hydrogen (secondary N) is 3. The number of aryl methyl sites for hydroxylation is 1. The molecular formula is C19H23N7OS. The fourth-order valence-electron chi connectivity index (χ4n) is 3.47. The van der Waals surface area contributed by atoms with E-state index in [-0.39, 0.29) is 11.9 Å². The molecule has 0 radical (unpaired) electrons. The second kappa shape index (κ2) is 7.97. The van der Waals surface area contributed by atoms with Crippen molar-refractivity contribution in [2.24, 2.45) is 7.05 Å². The van der Waals surface area contributed by atoms with Crippen LogP contribution in [0.3, 0.4) is 0 Å². The van der Waals surface area contributed by atoms with E-state index in [1.54, 1.807) is 22.2 Å². The largest absolute Gasteiger partial charge is 0.366 e. The van der Waals surface area contributed by atoms with Crippen LogP contribution in [0.5, 0.6) is 0 Å². The Balaban J connectivity index is 1.47. The molecule has 1 saturated carbocycles. The lowest BCUT2D eigenvalue weighted by Crippen LogP contribution is -2.39. The molecular weight excluding hydrogens is 374 g/mol. The average molecular weight is 398 g/mol. The highest BCUT2D eigenvalue weighted by Gasteiger charge is 2.23. The molecule has 0 aromatic carbocycles. The molecule has 1 aliphatic carbocycles. The third kappa shape index (κ3) is 4.14. The molecule has 3 N–H and O–H groups in total. The second-order valence-corrected chi connectivity index (χ2v) is 7.88. The molecule has 9 heteroatoms. The minimum atomic E-state index is -0.0985. The quantitative estimate of drug-likeness (QED) is 0.553.